The van der Waals surface area contributed by atoms with E-state index in [0.29, 0.717) is 5.75 Å². The Balaban J connectivity index is 2.21. The Labute approximate surface area is 91.9 Å². The van der Waals surface area contributed by atoms with Crippen LogP contribution in [0.1, 0.15) is 0 Å². The van der Waals surface area contributed by atoms with Gasteiger partial charge in [0.15, 0.2) is 0 Å². The molecular weight excluding hydrogens is 212 g/mol. The number of hydrogen-bond donors (Lipinski definition) is 1. The standard InChI is InChI=1S/C11H10O5/c12-10(13)9-11(15-7-6-14-9)16-8-4-2-1-3-5-8/h1-5H,6-7H2,(H,12,13). The second kappa shape index (κ2) is 4.57. The molecule has 0 aromatic heterocycles. The molecule has 1 heterocycles. The Hall–Kier alpha value is -2.17. The molecule has 5 nitrogen and oxygen atoms in total. The lowest BCUT2D eigenvalue weighted by Gasteiger charge is -2.19. The van der Waals surface area contributed by atoms with E-state index in [9.17, 15) is 4.79 Å². The third-order valence-corrected chi connectivity index (χ3v) is 1.90. The van der Waals surface area contributed by atoms with Crippen LogP contribution in [0.2, 0.25) is 0 Å². The quantitative estimate of drug-likeness (QED) is 0.836. The Bertz CT molecular complexity index is 410. The molecule has 84 valence electrons. The highest BCUT2D eigenvalue weighted by molar-refractivity contribution is 5.84. The number of carbonyl (C=O) groups is 1. The van der Waals surface area contributed by atoms with E-state index in [-0.39, 0.29) is 24.9 Å². The van der Waals surface area contributed by atoms with E-state index >= 15 is 0 Å². The third kappa shape index (κ3) is 2.25. The normalized spacial score (nSPS) is 15.0. The Morgan fingerprint density at radius 1 is 1.19 bits per heavy atom. The first-order chi connectivity index (χ1) is 7.77. The van der Waals surface area contributed by atoms with Crippen LogP contribution in [0.4, 0.5) is 0 Å². The first-order valence-electron chi connectivity index (χ1n) is 4.73. The topological polar surface area (TPSA) is 65.0 Å². The average Bonchev–Trinajstić information content (AvgIpc) is 2.31. The second-order valence-corrected chi connectivity index (χ2v) is 3.03. The number of carboxylic acids is 1. The highest BCUT2D eigenvalue weighted by Gasteiger charge is 2.24. The van der Waals surface area contributed by atoms with Gasteiger partial charge >= 0.3 is 11.9 Å². The van der Waals surface area contributed by atoms with Gasteiger partial charge < -0.3 is 19.3 Å². The van der Waals surface area contributed by atoms with Gasteiger partial charge in [-0.25, -0.2) is 4.79 Å². The van der Waals surface area contributed by atoms with Crippen LogP contribution in [-0.2, 0) is 14.3 Å². The fourth-order valence-corrected chi connectivity index (χ4v) is 1.22. The number of ether oxygens (including phenoxy) is 3. The van der Waals surface area contributed by atoms with Gasteiger partial charge in [-0.3, -0.25) is 0 Å². The molecule has 0 fully saturated rings. The molecular formula is C11H10O5. The van der Waals surface area contributed by atoms with Crippen LogP contribution in [0, 0.1) is 0 Å². The fourth-order valence-electron chi connectivity index (χ4n) is 1.22. The van der Waals surface area contributed by atoms with Crippen LogP contribution >= 0.6 is 0 Å². The largest absolute Gasteiger partial charge is 0.478 e. The summed E-state index contributed by atoms with van der Waals surface area (Å²) in [5, 5.41) is 8.84. The van der Waals surface area contributed by atoms with Crippen LogP contribution in [0.3, 0.4) is 0 Å². The van der Waals surface area contributed by atoms with Crippen LogP contribution in [-0.4, -0.2) is 24.3 Å². The van der Waals surface area contributed by atoms with Crippen molar-refractivity contribution in [2.75, 3.05) is 13.2 Å². The summed E-state index contributed by atoms with van der Waals surface area (Å²) in [6.07, 6.45) is 0. The van der Waals surface area contributed by atoms with Crippen molar-refractivity contribution in [1.29, 1.82) is 0 Å². The summed E-state index contributed by atoms with van der Waals surface area (Å²) >= 11 is 0. The van der Waals surface area contributed by atoms with Gasteiger partial charge in [-0.2, -0.15) is 0 Å². The van der Waals surface area contributed by atoms with E-state index in [1.54, 1.807) is 24.3 Å². The zero-order valence-corrected chi connectivity index (χ0v) is 8.38. The lowest BCUT2D eigenvalue weighted by molar-refractivity contribution is -0.139. The molecule has 1 aliphatic heterocycles. The molecule has 1 aliphatic rings. The molecule has 2 rings (SSSR count). The van der Waals surface area contributed by atoms with E-state index in [1.807, 2.05) is 6.07 Å². The highest BCUT2D eigenvalue weighted by Crippen LogP contribution is 2.19. The third-order valence-electron chi connectivity index (χ3n) is 1.90. The molecule has 0 saturated heterocycles. The molecule has 1 aromatic carbocycles. The molecule has 0 aliphatic carbocycles. The predicted molar refractivity (Wildman–Crippen MR) is 53.6 cm³/mol. The van der Waals surface area contributed by atoms with Crippen LogP contribution in [0.15, 0.2) is 42.0 Å². The minimum atomic E-state index is -1.20. The van der Waals surface area contributed by atoms with E-state index in [2.05, 4.69) is 0 Å². The van der Waals surface area contributed by atoms with Crippen molar-refractivity contribution in [2.45, 2.75) is 0 Å². The van der Waals surface area contributed by atoms with Crippen molar-refractivity contribution < 1.29 is 24.1 Å². The minimum absolute atomic E-state index is 0.107. The van der Waals surface area contributed by atoms with Crippen molar-refractivity contribution >= 4 is 5.97 Å². The van der Waals surface area contributed by atoms with Crippen molar-refractivity contribution in [1.82, 2.24) is 0 Å². The minimum Gasteiger partial charge on any atom is -0.478 e. The van der Waals surface area contributed by atoms with Gasteiger partial charge in [0.2, 0.25) is 0 Å². The zero-order chi connectivity index (χ0) is 11.4. The van der Waals surface area contributed by atoms with E-state index in [0.717, 1.165) is 0 Å². The SMILES string of the molecule is O=C(O)C1=C(Oc2ccccc2)OCCO1. The van der Waals surface area contributed by atoms with Crippen molar-refractivity contribution in [3.8, 4) is 5.75 Å². The molecule has 0 atom stereocenters. The Morgan fingerprint density at radius 2 is 1.88 bits per heavy atom. The zero-order valence-electron chi connectivity index (χ0n) is 8.38. The molecule has 0 unspecified atom stereocenters. The summed E-state index contributed by atoms with van der Waals surface area (Å²) in [6, 6.07) is 8.78. The number of para-hydroxylation sites is 1. The summed E-state index contributed by atoms with van der Waals surface area (Å²) in [7, 11) is 0. The summed E-state index contributed by atoms with van der Waals surface area (Å²) < 4.78 is 15.3. The first kappa shape index (κ1) is 10.4. The fraction of sp³-hybridized carbons (Fsp3) is 0.182. The summed E-state index contributed by atoms with van der Waals surface area (Å²) in [5.74, 6) is -1.10. The number of carboxylic acid groups (broad SMARTS) is 1. The van der Waals surface area contributed by atoms with Gasteiger partial charge in [-0.15, -0.1) is 0 Å². The predicted octanol–water partition coefficient (Wildman–Crippen LogP) is 1.37. The number of rotatable bonds is 3. The van der Waals surface area contributed by atoms with Crippen LogP contribution in [0.25, 0.3) is 0 Å². The summed E-state index contributed by atoms with van der Waals surface area (Å²) in [4.78, 5) is 10.8. The highest BCUT2D eigenvalue weighted by atomic mass is 16.7. The van der Waals surface area contributed by atoms with Gasteiger partial charge in [0.05, 0.1) is 0 Å². The maximum atomic E-state index is 10.8. The average molecular weight is 222 g/mol. The summed E-state index contributed by atoms with van der Waals surface area (Å²) in [6.45, 7) is 0.488. The molecule has 16 heavy (non-hydrogen) atoms. The Morgan fingerprint density at radius 3 is 2.56 bits per heavy atom. The lowest BCUT2D eigenvalue weighted by atomic mass is 10.3. The van der Waals surface area contributed by atoms with Gasteiger partial charge in [-0.1, -0.05) is 18.2 Å². The molecule has 0 saturated carbocycles. The number of hydrogen-bond acceptors (Lipinski definition) is 4. The molecule has 0 spiro atoms. The van der Waals surface area contributed by atoms with Gasteiger partial charge in [0.1, 0.15) is 19.0 Å². The smallest absolute Gasteiger partial charge is 0.378 e. The van der Waals surface area contributed by atoms with Gasteiger partial charge in [0, 0.05) is 0 Å². The molecule has 0 bridgehead atoms. The Kier molecular flexibility index (Phi) is 2.95. The maximum absolute atomic E-state index is 10.8. The van der Waals surface area contributed by atoms with E-state index < -0.39 is 5.97 Å². The van der Waals surface area contributed by atoms with E-state index in [1.165, 1.54) is 0 Å². The van der Waals surface area contributed by atoms with Crippen LogP contribution in [0.5, 0.6) is 5.75 Å². The molecule has 1 aromatic rings. The molecule has 0 radical (unpaired) electrons. The van der Waals surface area contributed by atoms with Crippen molar-refractivity contribution in [3.63, 3.8) is 0 Å². The lowest BCUT2D eigenvalue weighted by Crippen LogP contribution is -2.22. The van der Waals surface area contributed by atoms with Crippen molar-refractivity contribution in [3.05, 3.63) is 42.0 Å². The number of aliphatic carboxylic acids is 1. The second-order valence-electron chi connectivity index (χ2n) is 3.03. The van der Waals surface area contributed by atoms with E-state index in [4.69, 9.17) is 19.3 Å². The molecule has 5 heteroatoms. The monoisotopic (exact) mass is 222 g/mol. The number of benzene rings is 1. The first-order valence-corrected chi connectivity index (χ1v) is 4.73. The molecule has 0 amide bonds. The summed E-state index contributed by atoms with van der Waals surface area (Å²) in [5.41, 5.74) is 0. The van der Waals surface area contributed by atoms with Crippen LogP contribution < -0.4 is 4.74 Å². The molecule has 1 N–H and O–H groups in total. The van der Waals surface area contributed by atoms with Crippen molar-refractivity contribution in [2.24, 2.45) is 0 Å². The maximum Gasteiger partial charge on any atom is 0.378 e. The van der Waals surface area contributed by atoms with Gasteiger partial charge in [-0.05, 0) is 12.1 Å². The van der Waals surface area contributed by atoms with Gasteiger partial charge in [0.25, 0.3) is 5.76 Å².